The predicted octanol–water partition coefficient (Wildman–Crippen LogP) is 4.24. The van der Waals surface area contributed by atoms with E-state index < -0.39 is 0 Å². The average molecular weight is 295 g/mol. The summed E-state index contributed by atoms with van der Waals surface area (Å²) >= 11 is 0. The number of nitrogens with zero attached hydrogens (tertiary/aromatic N) is 1. The van der Waals surface area contributed by atoms with Crippen molar-refractivity contribution in [2.75, 3.05) is 10.6 Å². The van der Waals surface area contributed by atoms with Crippen molar-refractivity contribution in [1.82, 2.24) is 0 Å². The zero-order valence-corrected chi connectivity index (χ0v) is 12.5. The number of nitrogens with two attached hydrogens (primary N) is 1. The van der Waals surface area contributed by atoms with Crippen LogP contribution < -0.4 is 10.6 Å². The fraction of sp³-hybridized carbons (Fsp3) is 0.250. The monoisotopic (exact) mass is 294 g/mol. The molecule has 0 bridgehead atoms. The Kier molecular flexibility index (Phi) is 5.83. The van der Waals surface area contributed by atoms with Gasteiger partial charge in [0.2, 0.25) is 0 Å². The number of benzene rings is 2. The van der Waals surface area contributed by atoms with E-state index in [2.05, 4.69) is 24.8 Å². The van der Waals surface area contributed by atoms with Crippen LogP contribution in [-0.4, -0.2) is 6.04 Å². The Hall–Kier alpha value is -1.74. The van der Waals surface area contributed by atoms with Gasteiger partial charge in [0.05, 0.1) is 0 Å². The zero-order chi connectivity index (χ0) is 13.8. The Balaban J connectivity index is 0.00000200. The Morgan fingerprint density at radius 3 is 2.30 bits per heavy atom. The van der Waals surface area contributed by atoms with E-state index in [-0.39, 0.29) is 18.2 Å². The second kappa shape index (κ2) is 7.15. The maximum Gasteiger partial charge on any atom is 0.123 e. The molecular weight excluding hydrogens is 275 g/mol. The summed E-state index contributed by atoms with van der Waals surface area (Å²) in [5.74, 6) is -0.212. The molecule has 0 unspecified atom stereocenters. The number of nitrogen functional groups attached to an aromatic ring is 1. The van der Waals surface area contributed by atoms with E-state index in [4.69, 9.17) is 5.73 Å². The molecule has 0 atom stereocenters. The van der Waals surface area contributed by atoms with E-state index in [1.165, 1.54) is 12.1 Å². The van der Waals surface area contributed by atoms with Gasteiger partial charge in [0.25, 0.3) is 0 Å². The van der Waals surface area contributed by atoms with Crippen LogP contribution in [0.25, 0.3) is 0 Å². The van der Waals surface area contributed by atoms with Crippen molar-refractivity contribution in [1.29, 1.82) is 0 Å². The van der Waals surface area contributed by atoms with Crippen LogP contribution in [0.4, 0.5) is 15.8 Å². The number of rotatable bonds is 4. The van der Waals surface area contributed by atoms with Gasteiger partial charge >= 0.3 is 0 Å². The van der Waals surface area contributed by atoms with Gasteiger partial charge < -0.3 is 10.6 Å². The lowest BCUT2D eigenvalue weighted by Gasteiger charge is -2.29. The lowest BCUT2D eigenvalue weighted by Crippen LogP contribution is -2.30. The molecule has 2 aromatic carbocycles. The van der Waals surface area contributed by atoms with Gasteiger partial charge in [-0.2, -0.15) is 0 Å². The van der Waals surface area contributed by atoms with Crippen LogP contribution in [0.2, 0.25) is 0 Å². The Morgan fingerprint density at radius 2 is 1.75 bits per heavy atom. The second-order valence-corrected chi connectivity index (χ2v) is 4.94. The fourth-order valence-electron chi connectivity index (χ4n) is 2.09. The van der Waals surface area contributed by atoms with Crippen LogP contribution in [0.5, 0.6) is 0 Å². The molecule has 0 spiro atoms. The third-order valence-corrected chi connectivity index (χ3v) is 3.09. The van der Waals surface area contributed by atoms with Gasteiger partial charge in [0, 0.05) is 24.0 Å². The van der Waals surface area contributed by atoms with E-state index in [9.17, 15) is 4.39 Å². The van der Waals surface area contributed by atoms with Crippen molar-refractivity contribution in [3.63, 3.8) is 0 Å². The highest BCUT2D eigenvalue weighted by Gasteiger charge is 2.11. The molecule has 0 amide bonds. The first-order valence-corrected chi connectivity index (χ1v) is 6.43. The molecule has 0 aliphatic rings. The van der Waals surface area contributed by atoms with Gasteiger partial charge in [0.15, 0.2) is 0 Å². The molecule has 0 aromatic heterocycles. The maximum atomic E-state index is 13.0. The molecule has 2 aromatic rings. The van der Waals surface area contributed by atoms with Gasteiger partial charge in [-0.25, -0.2) is 4.39 Å². The average Bonchev–Trinajstić information content (AvgIpc) is 2.37. The first-order chi connectivity index (χ1) is 9.06. The highest BCUT2D eigenvalue weighted by Crippen LogP contribution is 2.21. The SMILES string of the molecule is CC(C)N(Cc1cccc(N)c1)c1ccc(F)cc1.Cl. The summed E-state index contributed by atoms with van der Waals surface area (Å²) < 4.78 is 13.0. The van der Waals surface area contributed by atoms with E-state index >= 15 is 0 Å². The van der Waals surface area contributed by atoms with Crippen molar-refractivity contribution in [2.24, 2.45) is 0 Å². The van der Waals surface area contributed by atoms with Gasteiger partial charge in [-0.05, 0) is 55.8 Å². The quantitative estimate of drug-likeness (QED) is 0.854. The molecule has 0 heterocycles. The normalized spacial score (nSPS) is 10.2. The van der Waals surface area contributed by atoms with Gasteiger partial charge in [-0.3, -0.25) is 0 Å². The standard InChI is InChI=1S/C16H19FN2.ClH/c1-12(2)19(16-8-6-14(17)7-9-16)11-13-4-3-5-15(18)10-13;/h3-10,12H,11,18H2,1-2H3;1H. The van der Waals surface area contributed by atoms with Crippen LogP contribution in [0.3, 0.4) is 0 Å². The summed E-state index contributed by atoms with van der Waals surface area (Å²) in [6.45, 7) is 5.00. The molecule has 0 aliphatic carbocycles. The molecule has 20 heavy (non-hydrogen) atoms. The first kappa shape index (κ1) is 16.3. The van der Waals surface area contributed by atoms with Crippen molar-refractivity contribution in [2.45, 2.75) is 26.4 Å². The molecule has 0 saturated carbocycles. The number of halogens is 2. The zero-order valence-electron chi connectivity index (χ0n) is 11.7. The van der Waals surface area contributed by atoms with Crippen molar-refractivity contribution >= 4 is 23.8 Å². The molecule has 0 fully saturated rings. The van der Waals surface area contributed by atoms with Gasteiger partial charge in [-0.15, -0.1) is 12.4 Å². The van der Waals surface area contributed by atoms with E-state index in [1.54, 1.807) is 0 Å². The summed E-state index contributed by atoms with van der Waals surface area (Å²) in [6.07, 6.45) is 0. The number of hydrogen-bond donors (Lipinski definition) is 1. The minimum atomic E-state index is -0.212. The summed E-state index contributed by atoms with van der Waals surface area (Å²) in [5.41, 5.74) is 8.73. The predicted molar refractivity (Wildman–Crippen MR) is 85.8 cm³/mol. The molecule has 2 rings (SSSR count). The van der Waals surface area contributed by atoms with Crippen LogP contribution >= 0.6 is 12.4 Å². The van der Waals surface area contributed by atoms with Crippen LogP contribution in [0.15, 0.2) is 48.5 Å². The van der Waals surface area contributed by atoms with Gasteiger partial charge in [0.1, 0.15) is 5.82 Å². The van der Waals surface area contributed by atoms with Crippen molar-refractivity contribution in [3.8, 4) is 0 Å². The third-order valence-electron chi connectivity index (χ3n) is 3.09. The number of hydrogen-bond acceptors (Lipinski definition) is 2. The molecular formula is C16H20ClFN2. The highest BCUT2D eigenvalue weighted by atomic mass is 35.5. The third kappa shape index (κ3) is 4.14. The molecule has 4 heteroatoms. The van der Waals surface area contributed by atoms with Crippen molar-refractivity contribution < 1.29 is 4.39 Å². The van der Waals surface area contributed by atoms with Crippen LogP contribution in [-0.2, 0) is 6.54 Å². The number of anilines is 2. The maximum absolute atomic E-state index is 13.0. The minimum Gasteiger partial charge on any atom is -0.399 e. The summed E-state index contributed by atoms with van der Waals surface area (Å²) in [7, 11) is 0. The smallest absolute Gasteiger partial charge is 0.123 e. The molecule has 108 valence electrons. The van der Waals surface area contributed by atoms with E-state index in [0.29, 0.717) is 6.04 Å². The second-order valence-electron chi connectivity index (χ2n) is 4.94. The Bertz CT molecular complexity index is 540. The van der Waals surface area contributed by atoms with Gasteiger partial charge in [-0.1, -0.05) is 12.1 Å². The van der Waals surface area contributed by atoms with E-state index in [1.807, 2.05) is 30.3 Å². The lowest BCUT2D eigenvalue weighted by atomic mass is 10.1. The van der Waals surface area contributed by atoms with Crippen LogP contribution in [0, 0.1) is 5.82 Å². The molecule has 0 aliphatic heterocycles. The highest BCUT2D eigenvalue weighted by molar-refractivity contribution is 5.85. The Labute approximate surface area is 125 Å². The molecule has 2 N–H and O–H groups in total. The fourth-order valence-corrected chi connectivity index (χ4v) is 2.09. The summed E-state index contributed by atoms with van der Waals surface area (Å²) in [6, 6.07) is 14.8. The van der Waals surface area contributed by atoms with Crippen LogP contribution in [0.1, 0.15) is 19.4 Å². The minimum absolute atomic E-state index is 0. The molecule has 2 nitrogen and oxygen atoms in total. The molecule has 0 saturated heterocycles. The summed E-state index contributed by atoms with van der Waals surface area (Å²) in [4.78, 5) is 2.22. The summed E-state index contributed by atoms with van der Waals surface area (Å²) in [5, 5.41) is 0. The first-order valence-electron chi connectivity index (χ1n) is 6.43. The topological polar surface area (TPSA) is 29.3 Å². The Morgan fingerprint density at radius 1 is 1.10 bits per heavy atom. The molecule has 0 radical (unpaired) electrons. The lowest BCUT2D eigenvalue weighted by molar-refractivity contribution is 0.625. The largest absolute Gasteiger partial charge is 0.399 e. The van der Waals surface area contributed by atoms with E-state index in [0.717, 1.165) is 23.5 Å². The van der Waals surface area contributed by atoms with Crippen molar-refractivity contribution in [3.05, 3.63) is 59.9 Å².